The first kappa shape index (κ1) is 15.2. The maximum Gasteiger partial charge on any atom is 0.247 e. The predicted molar refractivity (Wildman–Crippen MR) is 72.1 cm³/mol. The molecule has 0 bridgehead atoms. The Labute approximate surface area is 110 Å². The van der Waals surface area contributed by atoms with Crippen molar-refractivity contribution in [3.63, 3.8) is 0 Å². The molecule has 4 heteroatoms. The van der Waals surface area contributed by atoms with Gasteiger partial charge in [-0.1, -0.05) is 27.7 Å². The summed E-state index contributed by atoms with van der Waals surface area (Å²) in [7, 11) is 0. The number of nitrogens with zero attached hydrogens (tertiary/aromatic N) is 1. The lowest BCUT2D eigenvalue weighted by Crippen LogP contribution is -2.43. The van der Waals surface area contributed by atoms with E-state index in [0.717, 1.165) is 19.4 Å². The molecule has 104 valence electrons. The third-order valence-electron chi connectivity index (χ3n) is 3.48. The molecule has 0 radical (unpaired) electrons. The van der Waals surface area contributed by atoms with Crippen molar-refractivity contribution in [2.75, 3.05) is 6.54 Å². The zero-order valence-corrected chi connectivity index (χ0v) is 12.2. The highest BCUT2D eigenvalue weighted by Crippen LogP contribution is 2.20. The molecule has 2 unspecified atom stereocenters. The zero-order valence-electron chi connectivity index (χ0n) is 12.2. The molecule has 0 spiro atoms. The molecule has 2 amide bonds. The molecule has 1 fully saturated rings. The van der Waals surface area contributed by atoms with Crippen molar-refractivity contribution >= 4 is 11.8 Å². The van der Waals surface area contributed by atoms with Crippen LogP contribution < -0.4 is 5.32 Å². The van der Waals surface area contributed by atoms with Crippen LogP contribution in [-0.2, 0) is 9.59 Å². The van der Waals surface area contributed by atoms with Gasteiger partial charge in [-0.05, 0) is 31.7 Å². The molecule has 4 nitrogen and oxygen atoms in total. The average Bonchev–Trinajstić information content (AvgIpc) is 2.52. The number of likely N-dealkylation sites (tertiary alicyclic amines) is 1. The van der Waals surface area contributed by atoms with E-state index >= 15 is 0 Å². The van der Waals surface area contributed by atoms with Gasteiger partial charge in [0, 0.05) is 6.04 Å². The fourth-order valence-electron chi connectivity index (χ4n) is 2.08. The number of hydrogen-bond donors (Lipinski definition) is 1. The quantitative estimate of drug-likeness (QED) is 0.763. The molecule has 1 aliphatic rings. The maximum atomic E-state index is 12.1. The van der Waals surface area contributed by atoms with Gasteiger partial charge in [0.2, 0.25) is 11.8 Å². The smallest absolute Gasteiger partial charge is 0.247 e. The first-order valence-electron chi connectivity index (χ1n) is 6.85. The van der Waals surface area contributed by atoms with Crippen LogP contribution in [0.25, 0.3) is 0 Å². The molecule has 18 heavy (non-hydrogen) atoms. The second-order valence-corrected chi connectivity index (χ2v) is 6.38. The lowest BCUT2D eigenvalue weighted by atomic mass is 9.92. The third-order valence-corrected chi connectivity index (χ3v) is 3.48. The summed E-state index contributed by atoms with van der Waals surface area (Å²) in [5, 5.41) is 3.22. The molecule has 1 aliphatic heterocycles. The Hall–Kier alpha value is -0.900. The van der Waals surface area contributed by atoms with Gasteiger partial charge in [0.25, 0.3) is 0 Å². The Morgan fingerprint density at radius 1 is 1.39 bits per heavy atom. The SMILES string of the molecule is CCC(C)N1C(=O)CC(NCCC(C)(C)C)C1=O. The maximum absolute atomic E-state index is 12.1. The van der Waals surface area contributed by atoms with E-state index in [9.17, 15) is 9.59 Å². The second kappa shape index (κ2) is 5.83. The van der Waals surface area contributed by atoms with E-state index < -0.39 is 0 Å². The Morgan fingerprint density at radius 2 is 2.00 bits per heavy atom. The molecule has 0 aromatic rings. The standard InChI is InChI=1S/C14H26N2O2/c1-6-10(2)16-12(17)9-11(13(16)18)15-8-7-14(3,4)5/h10-11,15H,6-9H2,1-5H3. The van der Waals surface area contributed by atoms with Crippen molar-refractivity contribution in [3.8, 4) is 0 Å². The van der Waals surface area contributed by atoms with Crippen molar-refractivity contribution in [2.45, 2.75) is 66.0 Å². The molecule has 0 aliphatic carbocycles. The normalized spacial score (nSPS) is 22.7. The van der Waals surface area contributed by atoms with Gasteiger partial charge in [-0.3, -0.25) is 14.5 Å². The summed E-state index contributed by atoms with van der Waals surface area (Å²) in [6, 6.07) is -0.298. The van der Waals surface area contributed by atoms with E-state index in [-0.39, 0.29) is 29.3 Å². The molecule has 1 N–H and O–H groups in total. The Kier molecular flexibility index (Phi) is 4.91. The van der Waals surface area contributed by atoms with E-state index in [1.807, 2.05) is 13.8 Å². The highest BCUT2D eigenvalue weighted by molar-refractivity contribution is 6.05. The van der Waals surface area contributed by atoms with Gasteiger partial charge in [-0.15, -0.1) is 0 Å². The highest BCUT2D eigenvalue weighted by atomic mass is 16.2. The highest BCUT2D eigenvalue weighted by Gasteiger charge is 2.40. The minimum Gasteiger partial charge on any atom is -0.305 e. The predicted octanol–water partition coefficient (Wildman–Crippen LogP) is 1.94. The first-order valence-corrected chi connectivity index (χ1v) is 6.85. The van der Waals surface area contributed by atoms with Crippen molar-refractivity contribution in [1.29, 1.82) is 0 Å². The largest absolute Gasteiger partial charge is 0.305 e. The van der Waals surface area contributed by atoms with Crippen molar-refractivity contribution < 1.29 is 9.59 Å². The Bertz CT molecular complexity index is 320. The molecular weight excluding hydrogens is 228 g/mol. The molecule has 0 saturated carbocycles. The van der Waals surface area contributed by atoms with Crippen molar-refractivity contribution in [1.82, 2.24) is 10.2 Å². The van der Waals surface area contributed by atoms with E-state index in [2.05, 4.69) is 26.1 Å². The van der Waals surface area contributed by atoms with Crippen LogP contribution in [0.1, 0.15) is 53.9 Å². The number of imide groups is 1. The van der Waals surface area contributed by atoms with E-state index in [4.69, 9.17) is 0 Å². The summed E-state index contributed by atoms with van der Waals surface area (Å²) in [6.07, 6.45) is 2.12. The van der Waals surface area contributed by atoms with Crippen molar-refractivity contribution in [3.05, 3.63) is 0 Å². The number of carbonyl (C=O) groups excluding carboxylic acids is 2. The van der Waals surface area contributed by atoms with Crippen LogP contribution in [0.15, 0.2) is 0 Å². The summed E-state index contributed by atoms with van der Waals surface area (Å²) in [4.78, 5) is 25.4. The monoisotopic (exact) mass is 254 g/mol. The van der Waals surface area contributed by atoms with Crippen LogP contribution in [0.2, 0.25) is 0 Å². The van der Waals surface area contributed by atoms with Gasteiger partial charge in [0.05, 0.1) is 12.5 Å². The number of nitrogens with one attached hydrogen (secondary N) is 1. The number of carbonyl (C=O) groups is 2. The third kappa shape index (κ3) is 3.80. The Morgan fingerprint density at radius 3 is 2.50 bits per heavy atom. The van der Waals surface area contributed by atoms with Gasteiger partial charge in [-0.2, -0.15) is 0 Å². The summed E-state index contributed by atoms with van der Waals surface area (Å²) in [5.74, 6) is -0.0918. The fourth-order valence-corrected chi connectivity index (χ4v) is 2.08. The van der Waals surface area contributed by atoms with E-state index in [0.29, 0.717) is 6.42 Å². The van der Waals surface area contributed by atoms with Crippen LogP contribution in [-0.4, -0.2) is 35.3 Å². The first-order chi connectivity index (χ1) is 8.26. The summed E-state index contributed by atoms with van der Waals surface area (Å²) >= 11 is 0. The lowest BCUT2D eigenvalue weighted by Gasteiger charge is -2.22. The molecule has 0 aromatic carbocycles. The summed E-state index contributed by atoms with van der Waals surface area (Å²) < 4.78 is 0. The lowest BCUT2D eigenvalue weighted by molar-refractivity contribution is -0.141. The zero-order chi connectivity index (χ0) is 13.9. The molecule has 1 saturated heterocycles. The van der Waals surface area contributed by atoms with Crippen LogP contribution in [0, 0.1) is 5.41 Å². The molecule has 0 aromatic heterocycles. The van der Waals surface area contributed by atoms with Crippen LogP contribution >= 0.6 is 0 Å². The fraction of sp³-hybridized carbons (Fsp3) is 0.857. The van der Waals surface area contributed by atoms with E-state index in [1.54, 1.807) is 0 Å². The molecule has 1 heterocycles. The molecule has 1 rings (SSSR count). The minimum atomic E-state index is -0.311. The van der Waals surface area contributed by atoms with Gasteiger partial charge in [0.1, 0.15) is 0 Å². The Balaban J connectivity index is 2.51. The van der Waals surface area contributed by atoms with E-state index in [1.165, 1.54) is 4.90 Å². The van der Waals surface area contributed by atoms with Gasteiger partial charge < -0.3 is 5.32 Å². The van der Waals surface area contributed by atoms with Gasteiger partial charge >= 0.3 is 0 Å². The number of rotatable bonds is 5. The second-order valence-electron chi connectivity index (χ2n) is 6.38. The van der Waals surface area contributed by atoms with Crippen LogP contribution in [0.3, 0.4) is 0 Å². The van der Waals surface area contributed by atoms with Gasteiger partial charge in [-0.25, -0.2) is 0 Å². The molecular formula is C14H26N2O2. The number of hydrogen-bond acceptors (Lipinski definition) is 3. The van der Waals surface area contributed by atoms with Gasteiger partial charge in [0.15, 0.2) is 0 Å². The number of amides is 2. The van der Waals surface area contributed by atoms with Crippen LogP contribution in [0.4, 0.5) is 0 Å². The average molecular weight is 254 g/mol. The van der Waals surface area contributed by atoms with Crippen LogP contribution in [0.5, 0.6) is 0 Å². The minimum absolute atomic E-state index is 0.0133. The summed E-state index contributed by atoms with van der Waals surface area (Å²) in [6.45, 7) is 11.2. The topological polar surface area (TPSA) is 49.4 Å². The van der Waals surface area contributed by atoms with Crippen molar-refractivity contribution in [2.24, 2.45) is 5.41 Å². The summed E-state index contributed by atoms with van der Waals surface area (Å²) in [5.41, 5.74) is 0.245. The molecule has 2 atom stereocenters.